The summed E-state index contributed by atoms with van der Waals surface area (Å²) in [6.45, 7) is 6.17. The van der Waals surface area contributed by atoms with Gasteiger partial charge in [0.25, 0.3) is 5.91 Å². The van der Waals surface area contributed by atoms with Gasteiger partial charge in [-0.25, -0.2) is 0 Å². The Balaban J connectivity index is 1.68. The molecule has 2 aromatic carbocycles. The van der Waals surface area contributed by atoms with Crippen LogP contribution in [0.2, 0.25) is 0 Å². The molecule has 2 aromatic rings. The lowest BCUT2D eigenvalue weighted by molar-refractivity contribution is 0.102. The van der Waals surface area contributed by atoms with Gasteiger partial charge < -0.3 is 15.0 Å². The van der Waals surface area contributed by atoms with E-state index in [1.165, 1.54) is 0 Å². The predicted molar refractivity (Wildman–Crippen MR) is 101 cm³/mol. The van der Waals surface area contributed by atoms with Crippen LogP contribution >= 0.6 is 0 Å². The van der Waals surface area contributed by atoms with Gasteiger partial charge in [-0.15, -0.1) is 0 Å². The Kier molecular flexibility index (Phi) is 5.39. The Morgan fingerprint density at radius 3 is 2.44 bits per heavy atom. The maximum absolute atomic E-state index is 12.4. The van der Waals surface area contributed by atoms with Gasteiger partial charge in [-0.3, -0.25) is 4.79 Å². The molecular formula is C21H26N2O2. The molecule has 4 nitrogen and oxygen atoms in total. The van der Waals surface area contributed by atoms with Crippen LogP contribution < -0.4 is 10.1 Å². The van der Waals surface area contributed by atoms with Gasteiger partial charge >= 0.3 is 0 Å². The number of anilines is 1. The average Bonchev–Trinajstić information content (AvgIpc) is 2.60. The second-order valence-electron chi connectivity index (χ2n) is 6.92. The van der Waals surface area contributed by atoms with E-state index < -0.39 is 0 Å². The van der Waals surface area contributed by atoms with Crippen molar-refractivity contribution < 1.29 is 9.53 Å². The van der Waals surface area contributed by atoms with Crippen LogP contribution in [0.1, 0.15) is 34.3 Å². The number of hydrogen-bond acceptors (Lipinski definition) is 3. The molecule has 1 heterocycles. The van der Waals surface area contributed by atoms with Gasteiger partial charge in [-0.2, -0.15) is 0 Å². The van der Waals surface area contributed by atoms with E-state index in [2.05, 4.69) is 17.3 Å². The Hall–Kier alpha value is -2.33. The molecule has 1 N–H and O–H groups in total. The first-order valence-corrected chi connectivity index (χ1v) is 8.85. The molecule has 1 aliphatic heterocycles. The number of aryl methyl sites for hydroxylation is 2. The molecule has 0 unspecified atom stereocenters. The van der Waals surface area contributed by atoms with Crippen molar-refractivity contribution in [3.8, 4) is 5.75 Å². The molecular weight excluding hydrogens is 312 g/mol. The number of benzene rings is 2. The zero-order chi connectivity index (χ0) is 17.8. The fourth-order valence-corrected chi connectivity index (χ4v) is 3.00. The molecule has 132 valence electrons. The van der Waals surface area contributed by atoms with Crippen LogP contribution in [0.5, 0.6) is 5.75 Å². The molecule has 0 bridgehead atoms. The molecule has 1 saturated heterocycles. The summed E-state index contributed by atoms with van der Waals surface area (Å²) >= 11 is 0. The number of amides is 1. The number of piperidine rings is 1. The van der Waals surface area contributed by atoms with Crippen molar-refractivity contribution in [1.29, 1.82) is 0 Å². The van der Waals surface area contributed by atoms with Crippen molar-refractivity contribution >= 4 is 11.6 Å². The Morgan fingerprint density at radius 1 is 1.08 bits per heavy atom. The van der Waals surface area contributed by atoms with Gasteiger partial charge in [0.15, 0.2) is 0 Å². The Morgan fingerprint density at radius 2 is 1.76 bits per heavy atom. The summed E-state index contributed by atoms with van der Waals surface area (Å²) in [6.07, 6.45) is 2.32. The normalized spacial score (nSPS) is 15.8. The van der Waals surface area contributed by atoms with Gasteiger partial charge in [0.05, 0.1) is 0 Å². The highest BCUT2D eigenvalue weighted by Gasteiger charge is 2.19. The second-order valence-corrected chi connectivity index (χ2v) is 6.92. The predicted octanol–water partition coefficient (Wildman–Crippen LogP) is 4.03. The number of ether oxygens (including phenoxy) is 1. The van der Waals surface area contributed by atoms with Gasteiger partial charge in [-0.05, 0) is 57.5 Å². The number of likely N-dealkylation sites (tertiary alicyclic amines) is 1. The summed E-state index contributed by atoms with van der Waals surface area (Å²) in [4.78, 5) is 14.7. The van der Waals surface area contributed by atoms with E-state index in [1.54, 1.807) is 0 Å². The molecule has 1 fully saturated rings. The number of nitrogens with zero attached hydrogens (tertiary/aromatic N) is 1. The van der Waals surface area contributed by atoms with Crippen LogP contribution in [0.3, 0.4) is 0 Å². The van der Waals surface area contributed by atoms with Crippen molar-refractivity contribution in [1.82, 2.24) is 4.90 Å². The molecule has 0 spiro atoms. The fraction of sp³-hybridized carbons (Fsp3) is 0.381. The lowest BCUT2D eigenvalue weighted by atomic mass is 10.1. The first-order valence-electron chi connectivity index (χ1n) is 8.85. The van der Waals surface area contributed by atoms with Crippen LogP contribution in [0, 0.1) is 13.8 Å². The Bertz CT molecular complexity index is 732. The van der Waals surface area contributed by atoms with E-state index in [0.29, 0.717) is 5.56 Å². The monoisotopic (exact) mass is 338 g/mol. The molecule has 0 aliphatic carbocycles. The summed E-state index contributed by atoms with van der Waals surface area (Å²) in [5.74, 6) is 0.755. The van der Waals surface area contributed by atoms with Crippen LogP contribution in [-0.4, -0.2) is 37.0 Å². The lowest BCUT2D eigenvalue weighted by Gasteiger charge is -2.29. The van der Waals surface area contributed by atoms with Gasteiger partial charge in [-0.1, -0.05) is 23.8 Å². The molecule has 0 aromatic heterocycles. The summed E-state index contributed by atoms with van der Waals surface area (Å²) in [5.41, 5.74) is 3.65. The largest absolute Gasteiger partial charge is 0.490 e. The van der Waals surface area contributed by atoms with E-state index in [0.717, 1.165) is 48.5 Å². The summed E-state index contributed by atoms with van der Waals surface area (Å²) < 4.78 is 6.20. The number of carbonyl (C=O) groups excluding carboxylic acids is 1. The minimum absolute atomic E-state index is 0.103. The van der Waals surface area contributed by atoms with Crippen LogP contribution in [0.25, 0.3) is 0 Å². The SMILES string of the molecule is Cc1ccc(C(=O)Nc2ccc(C)c(OC3CCN(C)CC3)c2)cc1. The second kappa shape index (κ2) is 7.70. The molecule has 25 heavy (non-hydrogen) atoms. The third-order valence-electron chi connectivity index (χ3n) is 4.72. The number of nitrogens with one attached hydrogen (secondary N) is 1. The van der Waals surface area contributed by atoms with Gasteiger partial charge in [0.1, 0.15) is 11.9 Å². The van der Waals surface area contributed by atoms with Crippen LogP contribution in [0.15, 0.2) is 42.5 Å². The maximum Gasteiger partial charge on any atom is 0.255 e. The molecule has 0 atom stereocenters. The van der Waals surface area contributed by atoms with E-state index in [9.17, 15) is 4.79 Å². The van der Waals surface area contributed by atoms with Crippen molar-refractivity contribution in [2.45, 2.75) is 32.8 Å². The standard InChI is InChI=1S/C21H26N2O2/c1-15-4-7-17(8-5-15)21(24)22-18-9-6-16(2)20(14-18)25-19-10-12-23(3)13-11-19/h4-9,14,19H,10-13H2,1-3H3,(H,22,24). The summed E-state index contributed by atoms with van der Waals surface area (Å²) in [7, 11) is 2.14. The highest BCUT2D eigenvalue weighted by atomic mass is 16.5. The molecule has 1 aliphatic rings. The molecule has 0 radical (unpaired) electrons. The number of rotatable bonds is 4. The number of carbonyl (C=O) groups is 1. The van der Waals surface area contributed by atoms with E-state index in [4.69, 9.17) is 4.74 Å². The van der Waals surface area contributed by atoms with E-state index >= 15 is 0 Å². The molecule has 3 rings (SSSR count). The third kappa shape index (κ3) is 4.60. The van der Waals surface area contributed by atoms with Crippen LogP contribution in [0.4, 0.5) is 5.69 Å². The number of hydrogen-bond donors (Lipinski definition) is 1. The average molecular weight is 338 g/mol. The maximum atomic E-state index is 12.4. The highest BCUT2D eigenvalue weighted by Crippen LogP contribution is 2.26. The summed E-state index contributed by atoms with van der Waals surface area (Å²) in [6, 6.07) is 13.4. The minimum atomic E-state index is -0.103. The first-order chi connectivity index (χ1) is 12.0. The summed E-state index contributed by atoms with van der Waals surface area (Å²) in [5, 5.41) is 2.96. The molecule has 1 amide bonds. The zero-order valence-electron chi connectivity index (χ0n) is 15.2. The van der Waals surface area contributed by atoms with Crippen LogP contribution in [-0.2, 0) is 0 Å². The third-order valence-corrected chi connectivity index (χ3v) is 4.72. The van der Waals surface area contributed by atoms with Gasteiger partial charge in [0, 0.05) is 30.4 Å². The van der Waals surface area contributed by atoms with E-state index in [-0.39, 0.29) is 12.0 Å². The van der Waals surface area contributed by atoms with Crippen molar-refractivity contribution in [3.05, 3.63) is 59.2 Å². The fourth-order valence-electron chi connectivity index (χ4n) is 3.00. The topological polar surface area (TPSA) is 41.6 Å². The lowest BCUT2D eigenvalue weighted by Crippen LogP contribution is -2.35. The Labute approximate surface area is 149 Å². The van der Waals surface area contributed by atoms with Crippen molar-refractivity contribution in [2.75, 3.05) is 25.5 Å². The molecule has 0 saturated carbocycles. The molecule has 4 heteroatoms. The highest BCUT2D eigenvalue weighted by molar-refractivity contribution is 6.04. The quantitative estimate of drug-likeness (QED) is 0.915. The zero-order valence-corrected chi connectivity index (χ0v) is 15.2. The van der Waals surface area contributed by atoms with Gasteiger partial charge in [0.2, 0.25) is 0 Å². The van der Waals surface area contributed by atoms with Crippen molar-refractivity contribution in [2.24, 2.45) is 0 Å². The minimum Gasteiger partial charge on any atom is -0.490 e. The first kappa shape index (κ1) is 17.5. The van der Waals surface area contributed by atoms with Crippen molar-refractivity contribution in [3.63, 3.8) is 0 Å². The smallest absolute Gasteiger partial charge is 0.255 e. The van der Waals surface area contributed by atoms with E-state index in [1.807, 2.05) is 56.3 Å².